The monoisotopic (exact) mass is 166 g/mol. The van der Waals surface area contributed by atoms with Gasteiger partial charge in [0.25, 0.3) is 0 Å². The van der Waals surface area contributed by atoms with Crippen LogP contribution in [0.25, 0.3) is 0 Å². The summed E-state index contributed by atoms with van der Waals surface area (Å²) in [5.41, 5.74) is 1.55. The van der Waals surface area contributed by atoms with Gasteiger partial charge in [-0.25, -0.2) is 0 Å². The van der Waals surface area contributed by atoms with Gasteiger partial charge in [0.1, 0.15) is 0 Å². The fourth-order valence-electron chi connectivity index (χ4n) is 0.792. The summed E-state index contributed by atoms with van der Waals surface area (Å²) in [5.74, 6) is 0. The van der Waals surface area contributed by atoms with E-state index in [2.05, 4.69) is 4.98 Å². The summed E-state index contributed by atoms with van der Waals surface area (Å²) in [5, 5.41) is 8.95. The van der Waals surface area contributed by atoms with Crippen LogP contribution in [0.3, 0.4) is 0 Å². The maximum absolute atomic E-state index is 8.39. The highest BCUT2D eigenvalue weighted by atomic mass is 35.5. The Bertz CT molecular complexity index is 301. The molecule has 1 aromatic rings. The number of rotatable bonds is 1. The molecule has 0 unspecified atom stereocenters. The molecule has 3 heteroatoms. The van der Waals surface area contributed by atoms with Gasteiger partial charge in [-0.1, -0.05) is 11.6 Å². The van der Waals surface area contributed by atoms with Crippen LogP contribution in [0.15, 0.2) is 12.1 Å². The third kappa shape index (κ3) is 1.92. The molecule has 0 atom stereocenters. The molecule has 0 bridgehead atoms. The maximum Gasteiger partial charge on any atom is 0.0789 e. The minimum Gasteiger partial charge on any atom is -0.256 e. The zero-order chi connectivity index (χ0) is 8.27. The van der Waals surface area contributed by atoms with Crippen molar-refractivity contribution in [3.8, 4) is 6.07 Å². The first kappa shape index (κ1) is 8.03. The van der Waals surface area contributed by atoms with Gasteiger partial charge in [0.15, 0.2) is 0 Å². The Kier molecular flexibility index (Phi) is 2.45. The van der Waals surface area contributed by atoms with Crippen LogP contribution >= 0.6 is 11.6 Å². The van der Waals surface area contributed by atoms with E-state index < -0.39 is 0 Å². The van der Waals surface area contributed by atoms with Crippen molar-refractivity contribution in [1.29, 1.82) is 5.26 Å². The number of halogens is 1. The molecule has 0 aromatic carbocycles. The molecule has 0 amide bonds. The SMILES string of the molecule is Cc1ccc(Cl)c(CC#N)n1. The van der Waals surface area contributed by atoms with Crippen LogP contribution in [-0.4, -0.2) is 4.98 Å². The Balaban J connectivity index is 3.05. The van der Waals surface area contributed by atoms with E-state index in [1.54, 1.807) is 6.07 Å². The highest BCUT2D eigenvalue weighted by Gasteiger charge is 1.99. The molecule has 0 fully saturated rings. The third-order valence-corrected chi connectivity index (χ3v) is 1.65. The molecular weight excluding hydrogens is 160 g/mol. The van der Waals surface area contributed by atoms with E-state index in [1.165, 1.54) is 0 Å². The molecule has 11 heavy (non-hydrogen) atoms. The molecule has 0 aliphatic heterocycles. The van der Waals surface area contributed by atoms with Crippen LogP contribution in [0.5, 0.6) is 0 Å². The van der Waals surface area contributed by atoms with Gasteiger partial charge in [-0.2, -0.15) is 5.26 Å². The molecule has 0 aliphatic rings. The highest BCUT2D eigenvalue weighted by Crippen LogP contribution is 2.13. The standard InChI is InChI=1S/C8H7ClN2/c1-6-2-3-7(9)8(11-6)4-5-10/h2-3H,4H2,1H3. The van der Waals surface area contributed by atoms with Crippen molar-refractivity contribution in [3.05, 3.63) is 28.5 Å². The quantitative estimate of drug-likeness (QED) is 0.641. The normalized spacial score (nSPS) is 9.18. The summed E-state index contributed by atoms with van der Waals surface area (Å²) >= 11 is 5.76. The number of hydrogen-bond donors (Lipinski definition) is 0. The zero-order valence-corrected chi connectivity index (χ0v) is 6.89. The van der Waals surface area contributed by atoms with Crippen LogP contribution in [0, 0.1) is 18.3 Å². The zero-order valence-electron chi connectivity index (χ0n) is 6.13. The topological polar surface area (TPSA) is 36.7 Å². The van der Waals surface area contributed by atoms with Crippen LogP contribution in [0.4, 0.5) is 0 Å². The number of nitriles is 1. The van der Waals surface area contributed by atoms with Crippen LogP contribution in [0.1, 0.15) is 11.4 Å². The Morgan fingerprint density at radius 1 is 1.64 bits per heavy atom. The van der Waals surface area contributed by atoms with E-state index >= 15 is 0 Å². The Labute approximate surface area is 70.4 Å². The second kappa shape index (κ2) is 3.36. The predicted octanol–water partition coefficient (Wildman–Crippen LogP) is 2.11. The van der Waals surface area contributed by atoms with E-state index in [0.717, 1.165) is 5.69 Å². The summed E-state index contributed by atoms with van der Waals surface area (Å²) in [4.78, 5) is 4.11. The number of pyridine rings is 1. The number of aryl methyl sites for hydroxylation is 1. The van der Waals surface area contributed by atoms with Gasteiger partial charge < -0.3 is 0 Å². The van der Waals surface area contributed by atoms with Gasteiger partial charge in [-0.15, -0.1) is 0 Å². The molecule has 1 heterocycles. The molecule has 1 rings (SSSR count). The fourth-order valence-corrected chi connectivity index (χ4v) is 0.964. The van der Waals surface area contributed by atoms with Crippen molar-refractivity contribution < 1.29 is 0 Å². The van der Waals surface area contributed by atoms with Gasteiger partial charge >= 0.3 is 0 Å². The molecule has 56 valence electrons. The molecule has 2 nitrogen and oxygen atoms in total. The summed E-state index contributed by atoms with van der Waals surface area (Å²) in [7, 11) is 0. The van der Waals surface area contributed by atoms with Crippen molar-refractivity contribution in [1.82, 2.24) is 4.98 Å². The van der Waals surface area contributed by atoms with Crippen LogP contribution in [0.2, 0.25) is 5.02 Å². The summed E-state index contributed by atoms with van der Waals surface area (Å²) in [6.45, 7) is 1.87. The van der Waals surface area contributed by atoms with Crippen molar-refractivity contribution in [2.45, 2.75) is 13.3 Å². The predicted molar refractivity (Wildman–Crippen MR) is 43.3 cm³/mol. The molecule has 0 aliphatic carbocycles. The van der Waals surface area contributed by atoms with Crippen molar-refractivity contribution in [2.75, 3.05) is 0 Å². The first-order valence-corrected chi connectivity index (χ1v) is 3.61. The van der Waals surface area contributed by atoms with Gasteiger partial charge in [0, 0.05) is 5.69 Å². The second-order valence-electron chi connectivity index (χ2n) is 2.22. The van der Waals surface area contributed by atoms with Crippen LogP contribution < -0.4 is 0 Å². The largest absolute Gasteiger partial charge is 0.256 e. The summed E-state index contributed by atoms with van der Waals surface area (Å²) < 4.78 is 0. The molecule has 1 aromatic heterocycles. The third-order valence-electron chi connectivity index (χ3n) is 1.30. The molecule has 0 N–H and O–H groups in total. The average molecular weight is 167 g/mol. The lowest BCUT2D eigenvalue weighted by molar-refractivity contribution is 1.07. The van der Waals surface area contributed by atoms with E-state index in [1.807, 2.05) is 19.1 Å². The molecule has 0 saturated heterocycles. The van der Waals surface area contributed by atoms with Crippen molar-refractivity contribution in [2.24, 2.45) is 0 Å². The Morgan fingerprint density at radius 2 is 2.36 bits per heavy atom. The first-order valence-electron chi connectivity index (χ1n) is 3.23. The minimum atomic E-state index is 0.278. The van der Waals surface area contributed by atoms with E-state index in [-0.39, 0.29) is 6.42 Å². The van der Waals surface area contributed by atoms with Gasteiger partial charge in [0.2, 0.25) is 0 Å². The molecule has 0 saturated carbocycles. The molecular formula is C8H7ClN2. The fraction of sp³-hybridized carbons (Fsp3) is 0.250. The van der Waals surface area contributed by atoms with E-state index in [9.17, 15) is 0 Å². The lowest BCUT2D eigenvalue weighted by Gasteiger charge is -1.98. The van der Waals surface area contributed by atoms with Gasteiger partial charge in [-0.05, 0) is 19.1 Å². The Morgan fingerprint density at radius 3 is 3.00 bits per heavy atom. The first-order chi connectivity index (χ1) is 5.24. The van der Waals surface area contributed by atoms with Crippen molar-refractivity contribution >= 4 is 11.6 Å². The molecule has 0 spiro atoms. The average Bonchev–Trinajstić information content (AvgIpc) is 1.98. The number of hydrogen-bond acceptors (Lipinski definition) is 2. The summed E-state index contributed by atoms with van der Waals surface area (Å²) in [6.07, 6.45) is 0.278. The van der Waals surface area contributed by atoms with Gasteiger partial charge in [-0.3, -0.25) is 4.98 Å². The summed E-state index contributed by atoms with van der Waals surface area (Å²) in [6, 6.07) is 5.59. The van der Waals surface area contributed by atoms with Crippen molar-refractivity contribution in [3.63, 3.8) is 0 Å². The number of nitrogens with zero attached hydrogens (tertiary/aromatic N) is 2. The van der Waals surface area contributed by atoms with E-state index in [0.29, 0.717) is 10.7 Å². The lowest BCUT2D eigenvalue weighted by atomic mass is 10.2. The lowest BCUT2D eigenvalue weighted by Crippen LogP contribution is -1.91. The Hall–Kier alpha value is -1.07. The smallest absolute Gasteiger partial charge is 0.0789 e. The van der Waals surface area contributed by atoms with Crippen LogP contribution in [-0.2, 0) is 6.42 Å². The molecule has 0 radical (unpaired) electrons. The maximum atomic E-state index is 8.39. The number of aromatic nitrogens is 1. The van der Waals surface area contributed by atoms with E-state index in [4.69, 9.17) is 16.9 Å². The second-order valence-corrected chi connectivity index (χ2v) is 2.62. The highest BCUT2D eigenvalue weighted by molar-refractivity contribution is 6.31. The minimum absolute atomic E-state index is 0.278. The van der Waals surface area contributed by atoms with Gasteiger partial charge in [0.05, 0.1) is 23.2 Å².